The highest BCUT2D eigenvalue weighted by Gasteiger charge is 2.21. The lowest BCUT2D eigenvalue weighted by atomic mass is 10.1. The number of thiophene rings is 1. The maximum absolute atomic E-state index is 11.5. The first-order valence-electron chi connectivity index (χ1n) is 10.7. The Hall–Kier alpha value is -2.67. The Labute approximate surface area is 180 Å². The molecule has 0 spiro atoms. The Morgan fingerprint density at radius 3 is 2.53 bits per heavy atom. The van der Waals surface area contributed by atoms with Crippen molar-refractivity contribution in [2.75, 3.05) is 31.1 Å². The van der Waals surface area contributed by atoms with Crippen LogP contribution in [0, 0.1) is 0 Å². The van der Waals surface area contributed by atoms with E-state index in [0.29, 0.717) is 5.88 Å². The molecule has 1 amide bonds. The van der Waals surface area contributed by atoms with Crippen molar-refractivity contribution in [2.45, 2.75) is 39.0 Å². The van der Waals surface area contributed by atoms with E-state index in [1.807, 2.05) is 17.0 Å². The summed E-state index contributed by atoms with van der Waals surface area (Å²) in [6, 6.07) is 8.19. The smallest absolute Gasteiger partial charge is 0.231 e. The Morgan fingerprint density at radius 2 is 1.77 bits per heavy atom. The summed E-state index contributed by atoms with van der Waals surface area (Å²) in [4.78, 5) is 27.2. The molecule has 7 heteroatoms. The normalized spacial score (nSPS) is 17.0. The van der Waals surface area contributed by atoms with Gasteiger partial charge in [-0.25, -0.2) is 9.97 Å². The number of amides is 1. The molecule has 5 rings (SSSR count). The lowest BCUT2D eigenvalue weighted by molar-refractivity contribution is -0.129. The summed E-state index contributed by atoms with van der Waals surface area (Å²) < 4.78 is 6.23. The highest BCUT2D eigenvalue weighted by Crippen LogP contribution is 2.39. The van der Waals surface area contributed by atoms with Gasteiger partial charge in [0.25, 0.3) is 0 Å². The minimum atomic E-state index is 0.154. The van der Waals surface area contributed by atoms with Crippen molar-refractivity contribution in [1.29, 1.82) is 0 Å². The third kappa shape index (κ3) is 3.74. The number of carbonyl (C=O) groups is 1. The molecule has 0 unspecified atom stereocenters. The van der Waals surface area contributed by atoms with Gasteiger partial charge in [0.1, 0.15) is 16.9 Å². The van der Waals surface area contributed by atoms with Gasteiger partial charge < -0.3 is 14.5 Å². The maximum atomic E-state index is 11.5. The van der Waals surface area contributed by atoms with E-state index in [-0.39, 0.29) is 5.91 Å². The summed E-state index contributed by atoms with van der Waals surface area (Å²) in [6.45, 7) is 4.89. The first-order valence-corrected chi connectivity index (χ1v) is 11.5. The van der Waals surface area contributed by atoms with Gasteiger partial charge in [-0.3, -0.25) is 4.79 Å². The van der Waals surface area contributed by atoms with Crippen LogP contribution in [-0.2, 0) is 17.6 Å². The van der Waals surface area contributed by atoms with Crippen molar-refractivity contribution >= 4 is 33.1 Å². The van der Waals surface area contributed by atoms with Crippen LogP contribution in [0.5, 0.6) is 11.6 Å². The molecule has 1 aromatic carbocycles. The number of piperazine rings is 1. The van der Waals surface area contributed by atoms with Crippen LogP contribution < -0.4 is 9.64 Å². The van der Waals surface area contributed by atoms with Gasteiger partial charge in [0.2, 0.25) is 11.8 Å². The SMILES string of the molecule is CC(=O)N1CCN(c2ccc(Oc3ncnc4sc5c(c34)CCCCC5)cc2)CC1. The van der Waals surface area contributed by atoms with Crippen LogP contribution in [0.15, 0.2) is 30.6 Å². The third-order valence-corrected chi connectivity index (χ3v) is 7.31. The molecule has 3 heterocycles. The molecule has 156 valence electrons. The van der Waals surface area contributed by atoms with Crippen LogP contribution in [-0.4, -0.2) is 47.0 Å². The van der Waals surface area contributed by atoms with E-state index >= 15 is 0 Å². The van der Waals surface area contributed by atoms with Gasteiger partial charge in [-0.2, -0.15) is 0 Å². The summed E-state index contributed by atoms with van der Waals surface area (Å²) in [5.74, 6) is 1.61. The Balaban J connectivity index is 1.35. The average molecular weight is 423 g/mol. The molecule has 3 aromatic rings. The molecule has 0 atom stereocenters. The fourth-order valence-electron chi connectivity index (χ4n) is 4.43. The van der Waals surface area contributed by atoms with Crippen LogP contribution >= 0.6 is 11.3 Å². The molecule has 0 bridgehead atoms. The van der Waals surface area contributed by atoms with Crippen LogP contribution in [0.2, 0.25) is 0 Å². The number of aryl methyl sites for hydroxylation is 2. The van der Waals surface area contributed by atoms with E-state index < -0.39 is 0 Å². The van der Waals surface area contributed by atoms with E-state index in [0.717, 1.165) is 60.7 Å². The molecule has 1 aliphatic heterocycles. The highest BCUT2D eigenvalue weighted by atomic mass is 32.1. The van der Waals surface area contributed by atoms with Crippen LogP contribution in [0.1, 0.15) is 36.6 Å². The Kier molecular flexibility index (Phi) is 5.29. The van der Waals surface area contributed by atoms with E-state index in [1.54, 1.807) is 24.6 Å². The highest BCUT2D eigenvalue weighted by molar-refractivity contribution is 7.18. The standard InChI is InChI=1S/C23H26N4O2S/c1-16(28)26-11-13-27(14-12-26)17-7-9-18(10-8-17)29-22-21-19-5-3-2-4-6-20(19)30-23(21)25-15-24-22/h7-10,15H,2-6,11-14H2,1H3. The minimum absolute atomic E-state index is 0.154. The number of fused-ring (bicyclic) bond motifs is 3. The van der Waals surface area contributed by atoms with E-state index in [9.17, 15) is 4.79 Å². The van der Waals surface area contributed by atoms with Crippen molar-refractivity contribution in [3.8, 4) is 11.6 Å². The van der Waals surface area contributed by atoms with Crippen molar-refractivity contribution in [2.24, 2.45) is 0 Å². The molecule has 30 heavy (non-hydrogen) atoms. The molecule has 0 radical (unpaired) electrons. The van der Waals surface area contributed by atoms with Crippen LogP contribution in [0.25, 0.3) is 10.2 Å². The molecule has 6 nitrogen and oxygen atoms in total. The second kappa shape index (κ2) is 8.22. The second-order valence-corrected chi connectivity index (χ2v) is 9.10. The van der Waals surface area contributed by atoms with Gasteiger partial charge in [-0.05, 0) is 55.5 Å². The lowest BCUT2D eigenvalue weighted by Crippen LogP contribution is -2.48. The molecule has 0 N–H and O–H groups in total. The molecular formula is C23H26N4O2S. The average Bonchev–Trinajstić information content (AvgIpc) is 2.97. The minimum Gasteiger partial charge on any atom is -0.438 e. The number of anilines is 1. The summed E-state index contributed by atoms with van der Waals surface area (Å²) in [6.07, 6.45) is 7.60. The number of rotatable bonds is 3. The van der Waals surface area contributed by atoms with E-state index in [4.69, 9.17) is 4.74 Å². The van der Waals surface area contributed by atoms with Gasteiger partial charge in [-0.1, -0.05) is 6.42 Å². The summed E-state index contributed by atoms with van der Waals surface area (Å²) in [7, 11) is 0. The van der Waals surface area contributed by atoms with Gasteiger partial charge in [-0.15, -0.1) is 11.3 Å². The molecule has 0 saturated carbocycles. The third-order valence-electron chi connectivity index (χ3n) is 6.11. The lowest BCUT2D eigenvalue weighted by Gasteiger charge is -2.35. The first-order chi connectivity index (χ1) is 14.7. The van der Waals surface area contributed by atoms with Crippen molar-refractivity contribution in [1.82, 2.24) is 14.9 Å². The monoisotopic (exact) mass is 422 g/mol. The summed E-state index contributed by atoms with van der Waals surface area (Å²) in [5.41, 5.74) is 2.55. The zero-order valence-electron chi connectivity index (χ0n) is 17.3. The van der Waals surface area contributed by atoms with Crippen molar-refractivity contribution in [3.63, 3.8) is 0 Å². The van der Waals surface area contributed by atoms with Gasteiger partial charge in [0.05, 0.1) is 5.39 Å². The van der Waals surface area contributed by atoms with E-state index in [1.165, 1.54) is 29.7 Å². The topological polar surface area (TPSA) is 58.6 Å². The van der Waals surface area contributed by atoms with Crippen molar-refractivity contribution in [3.05, 3.63) is 41.0 Å². The number of nitrogens with zero attached hydrogens (tertiary/aromatic N) is 4. The molecule has 2 aromatic heterocycles. The Bertz CT molecular complexity index is 1060. The second-order valence-electron chi connectivity index (χ2n) is 8.01. The van der Waals surface area contributed by atoms with Crippen LogP contribution in [0.3, 0.4) is 0 Å². The first kappa shape index (κ1) is 19.3. The van der Waals surface area contributed by atoms with Gasteiger partial charge in [0, 0.05) is 43.7 Å². The van der Waals surface area contributed by atoms with E-state index in [2.05, 4.69) is 27.0 Å². The fraction of sp³-hybridized carbons (Fsp3) is 0.435. The predicted octanol–water partition coefficient (Wildman–Crippen LogP) is 4.42. The number of aromatic nitrogens is 2. The molecule has 2 aliphatic rings. The van der Waals surface area contributed by atoms with Crippen molar-refractivity contribution < 1.29 is 9.53 Å². The molecular weight excluding hydrogens is 396 g/mol. The zero-order chi connectivity index (χ0) is 20.5. The molecule has 1 aliphatic carbocycles. The van der Waals surface area contributed by atoms with Gasteiger partial charge >= 0.3 is 0 Å². The Morgan fingerprint density at radius 1 is 1.00 bits per heavy atom. The van der Waals surface area contributed by atoms with Crippen LogP contribution in [0.4, 0.5) is 5.69 Å². The van der Waals surface area contributed by atoms with Gasteiger partial charge in [0.15, 0.2) is 0 Å². The number of carbonyl (C=O) groups excluding carboxylic acids is 1. The number of benzene rings is 1. The molecule has 1 fully saturated rings. The number of hydrogen-bond donors (Lipinski definition) is 0. The largest absolute Gasteiger partial charge is 0.438 e. The zero-order valence-corrected chi connectivity index (χ0v) is 18.1. The summed E-state index contributed by atoms with van der Waals surface area (Å²) in [5, 5.41) is 1.10. The number of hydrogen-bond acceptors (Lipinski definition) is 6. The predicted molar refractivity (Wildman–Crippen MR) is 120 cm³/mol. The maximum Gasteiger partial charge on any atom is 0.231 e. The summed E-state index contributed by atoms with van der Waals surface area (Å²) >= 11 is 1.80. The fourth-order valence-corrected chi connectivity index (χ4v) is 5.65. The molecule has 1 saturated heterocycles. The number of ether oxygens (including phenoxy) is 1. The quantitative estimate of drug-likeness (QED) is 0.585.